The number of hydrogen-bond acceptors (Lipinski definition) is 6. The summed E-state index contributed by atoms with van der Waals surface area (Å²) in [5.41, 5.74) is 2.79. The summed E-state index contributed by atoms with van der Waals surface area (Å²) in [6.45, 7) is 4.27. The SMILES string of the molecule is COc1cccc(C2=NC(=CN3CCN(C(=O)Nc4cccc(C)c4)CC3)C(=O)O2)c1. The van der Waals surface area contributed by atoms with Crippen LogP contribution >= 0.6 is 0 Å². The zero-order chi connectivity index (χ0) is 21.8. The number of anilines is 1. The molecule has 0 aliphatic carbocycles. The summed E-state index contributed by atoms with van der Waals surface area (Å²) in [5.74, 6) is 0.428. The van der Waals surface area contributed by atoms with Crippen LogP contribution in [0.3, 0.4) is 0 Å². The van der Waals surface area contributed by atoms with Crippen LogP contribution in [0.1, 0.15) is 11.1 Å². The van der Waals surface area contributed by atoms with Crippen molar-refractivity contribution < 1.29 is 19.1 Å². The maximum atomic E-state index is 12.5. The highest BCUT2D eigenvalue weighted by molar-refractivity contribution is 6.11. The number of aliphatic imine (C=N–C) groups is 1. The maximum Gasteiger partial charge on any atom is 0.365 e. The Morgan fingerprint density at radius 3 is 2.65 bits per heavy atom. The summed E-state index contributed by atoms with van der Waals surface area (Å²) in [6.07, 6.45) is 1.70. The Kier molecular flexibility index (Phi) is 5.88. The standard InChI is InChI=1S/C23H24N4O4/c1-16-5-3-7-18(13-16)24-23(29)27-11-9-26(10-12-27)15-20-22(28)31-21(25-20)17-6-4-8-19(14-17)30-2/h3-8,13-15H,9-12H2,1-2H3,(H,24,29). The highest BCUT2D eigenvalue weighted by Gasteiger charge is 2.27. The summed E-state index contributed by atoms with van der Waals surface area (Å²) in [6, 6.07) is 14.8. The number of carbonyl (C=O) groups excluding carboxylic acids is 2. The number of ether oxygens (including phenoxy) is 2. The van der Waals surface area contributed by atoms with E-state index in [2.05, 4.69) is 10.3 Å². The lowest BCUT2D eigenvalue weighted by atomic mass is 10.2. The fourth-order valence-corrected chi connectivity index (χ4v) is 3.43. The molecular formula is C23H24N4O4. The summed E-state index contributed by atoms with van der Waals surface area (Å²) in [4.78, 5) is 32.8. The van der Waals surface area contributed by atoms with Gasteiger partial charge in [0.2, 0.25) is 5.90 Å². The van der Waals surface area contributed by atoms with E-state index >= 15 is 0 Å². The van der Waals surface area contributed by atoms with Crippen molar-refractivity contribution in [2.24, 2.45) is 4.99 Å². The van der Waals surface area contributed by atoms with E-state index in [9.17, 15) is 9.59 Å². The van der Waals surface area contributed by atoms with Gasteiger partial charge in [-0.3, -0.25) is 0 Å². The molecule has 0 bridgehead atoms. The molecule has 0 unspecified atom stereocenters. The van der Waals surface area contributed by atoms with Gasteiger partial charge >= 0.3 is 12.0 Å². The lowest BCUT2D eigenvalue weighted by Crippen LogP contribution is -2.48. The first kappa shape index (κ1) is 20.5. The Morgan fingerprint density at radius 1 is 1.13 bits per heavy atom. The maximum absolute atomic E-state index is 12.5. The fraction of sp³-hybridized carbons (Fsp3) is 0.261. The number of aryl methyl sites for hydroxylation is 1. The molecule has 1 saturated heterocycles. The molecule has 0 aromatic heterocycles. The Labute approximate surface area is 180 Å². The Balaban J connectivity index is 1.36. The van der Waals surface area contributed by atoms with Crippen LogP contribution in [0.15, 0.2) is 65.4 Å². The number of cyclic esters (lactones) is 1. The van der Waals surface area contributed by atoms with E-state index in [4.69, 9.17) is 9.47 Å². The molecule has 8 heteroatoms. The molecule has 2 heterocycles. The normalized spacial score (nSPS) is 17.4. The van der Waals surface area contributed by atoms with Crippen LogP contribution in [-0.4, -0.2) is 61.0 Å². The number of carbonyl (C=O) groups is 2. The largest absolute Gasteiger partial charge is 0.497 e. The van der Waals surface area contributed by atoms with Crippen molar-refractivity contribution in [1.29, 1.82) is 0 Å². The van der Waals surface area contributed by atoms with Crippen molar-refractivity contribution in [3.05, 3.63) is 71.6 Å². The second-order valence-corrected chi connectivity index (χ2v) is 7.38. The molecule has 0 atom stereocenters. The van der Waals surface area contributed by atoms with Crippen LogP contribution < -0.4 is 10.1 Å². The molecule has 1 N–H and O–H groups in total. The fourth-order valence-electron chi connectivity index (χ4n) is 3.43. The number of benzene rings is 2. The number of urea groups is 1. The lowest BCUT2D eigenvalue weighted by Gasteiger charge is -2.34. The van der Waals surface area contributed by atoms with Gasteiger partial charge in [-0.2, -0.15) is 0 Å². The smallest absolute Gasteiger partial charge is 0.365 e. The summed E-state index contributed by atoms with van der Waals surface area (Å²) in [5, 5.41) is 2.93. The topological polar surface area (TPSA) is 83.5 Å². The molecule has 2 aliphatic rings. The van der Waals surface area contributed by atoms with E-state index in [0.717, 1.165) is 11.3 Å². The number of amides is 2. The van der Waals surface area contributed by atoms with Crippen LogP contribution in [0, 0.1) is 6.92 Å². The minimum Gasteiger partial charge on any atom is -0.497 e. The van der Waals surface area contributed by atoms with E-state index in [0.29, 0.717) is 37.5 Å². The first-order valence-corrected chi connectivity index (χ1v) is 10.1. The van der Waals surface area contributed by atoms with Gasteiger partial charge in [0.1, 0.15) is 5.75 Å². The Morgan fingerprint density at radius 2 is 1.90 bits per heavy atom. The first-order chi connectivity index (χ1) is 15.0. The summed E-state index contributed by atoms with van der Waals surface area (Å²) >= 11 is 0. The van der Waals surface area contributed by atoms with Crippen molar-refractivity contribution in [3.8, 4) is 5.75 Å². The molecule has 2 aromatic carbocycles. The Bertz CT molecular complexity index is 1060. The number of hydrogen-bond donors (Lipinski definition) is 1. The molecule has 0 radical (unpaired) electrons. The van der Waals surface area contributed by atoms with Gasteiger partial charge in [-0.25, -0.2) is 14.6 Å². The summed E-state index contributed by atoms with van der Waals surface area (Å²) < 4.78 is 10.5. The number of esters is 1. The molecule has 8 nitrogen and oxygen atoms in total. The zero-order valence-electron chi connectivity index (χ0n) is 17.5. The van der Waals surface area contributed by atoms with Crippen molar-refractivity contribution in [2.45, 2.75) is 6.92 Å². The Hall–Kier alpha value is -3.81. The molecule has 0 saturated carbocycles. The van der Waals surface area contributed by atoms with Crippen LogP contribution in [0.5, 0.6) is 5.75 Å². The van der Waals surface area contributed by atoms with E-state index in [1.54, 1.807) is 24.3 Å². The van der Waals surface area contributed by atoms with Crippen LogP contribution in [-0.2, 0) is 9.53 Å². The van der Waals surface area contributed by atoms with Crippen LogP contribution in [0.2, 0.25) is 0 Å². The van der Waals surface area contributed by atoms with Crippen molar-refractivity contribution in [1.82, 2.24) is 9.80 Å². The minimum absolute atomic E-state index is 0.128. The van der Waals surface area contributed by atoms with Gasteiger partial charge in [0, 0.05) is 43.6 Å². The third-order valence-corrected chi connectivity index (χ3v) is 5.11. The predicted octanol–water partition coefficient (Wildman–Crippen LogP) is 3.00. The van der Waals surface area contributed by atoms with Crippen LogP contribution in [0.4, 0.5) is 10.5 Å². The zero-order valence-corrected chi connectivity index (χ0v) is 17.5. The quantitative estimate of drug-likeness (QED) is 0.607. The third-order valence-electron chi connectivity index (χ3n) is 5.11. The van der Waals surface area contributed by atoms with E-state index < -0.39 is 5.97 Å². The van der Waals surface area contributed by atoms with Crippen molar-refractivity contribution >= 4 is 23.6 Å². The molecule has 1 fully saturated rings. The van der Waals surface area contributed by atoms with Crippen molar-refractivity contribution in [3.63, 3.8) is 0 Å². The van der Waals surface area contributed by atoms with Gasteiger partial charge in [0.25, 0.3) is 0 Å². The van der Waals surface area contributed by atoms with Gasteiger partial charge in [0.15, 0.2) is 5.70 Å². The monoisotopic (exact) mass is 420 g/mol. The van der Waals surface area contributed by atoms with Gasteiger partial charge in [-0.05, 0) is 42.8 Å². The lowest BCUT2D eigenvalue weighted by molar-refractivity contribution is -0.130. The molecule has 2 aliphatic heterocycles. The molecular weight excluding hydrogens is 396 g/mol. The van der Waals surface area contributed by atoms with Crippen molar-refractivity contribution in [2.75, 3.05) is 38.6 Å². The van der Waals surface area contributed by atoms with E-state index in [1.165, 1.54) is 0 Å². The van der Waals surface area contributed by atoms with Gasteiger partial charge in [-0.1, -0.05) is 18.2 Å². The van der Waals surface area contributed by atoms with E-state index in [1.807, 2.05) is 54.3 Å². The molecule has 0 spiro atoms. The van der Waals surface area contributed by atoms with Gasteiger partial charge in [0.05, 0.1) is 7.11 Å². The molecule has 2 aromatic rings. The number of nitrogens with zero attached hydrogens (tertiary/aromatic N) is 3. The molecule has 160 valence electrons. The second-order valence-electron chi connectivity index (χ2n) is 7.38. The number of nitrogens with one attached hydrogen (secondary N) is 1. The average molecular weight is 420 g/mol. The van der Waals surface area contributed by atoms with Gasteiger partial charge in [-0.15, -0.1) is 0 Å². The van der Waals surface area contributed by atoms with E-state index in [-0.39, 0.29) is 17.6 Å². The average Bonchev–Trinajstić information content (AvgIpc) is 3.14. The summed E-state index contributed by atoms with van der Waals surface area (Å²) in [7, 11) is 1.58. The number of rotatable bonds is 4. The third kappa shape index (κ3) is 4.85. The molecule has 4 rings (SSSR count). The predicted molar refractivity (Wildman–Crippen MR) is 117 cm³/mol. The number of methoxy groups -OCH3 is 1. The second kappa shape index (κ2) is 8.91. The number of piperazine rings is 1. The van der Waals surface area contributed by atoms with Gasteiger partial charge < -0.3 is 24.6 Å². The first-order valence-electron chi connectivity index (χ1n) is 10.1. The molecule has 2 amide bonds. The minimum atomic E-state index is -0.488. The highest BCUT2D eigenvalue weighted by Crippen LogP contribution is 2.21. The highest BCUT2D eigenvalue weighted by atomic mass is 16.6. The molecule has 31 heavy (non-hydrogen) atoms. The van der Waals surface area contributed by atoms with Crippen LogP contribution in [0.25, 0.3) is 0 Å².